The van der Waals surface area contributed by atoms with E-state index < -0.39 is 35.7 Å². The van der Waals surface area contributed by atoms with Crippen LogP contribution in [-0.2, 0) is 35.0 Å². The molecule has 1 aromatic rings. The average molecular weight is 580 g/mol. The normalized spacial score (nSPS) is 14.1. The van der Waals surface area contributed by atoms with Gasteiger partial charge in [0.1, 0.15) is 17.7 Å². The maximum atomic E-state index is 12.8. The molecule has 3 atom stereocenters. The molecule has 0 aliphatic heterocycles. The molecule has 1 rings (SSSR count). The minimum atomic E-state index is -1.59. The lowest BCUT2D eigenvalue weighted by Gasteiger charge is -2.29. The van der Waals surface area contributed by atoms with Gasteiger partial charge in [0.2, 0.25) is 0 Å². The maximum absolute atomic E-state index is 12.8. The van der Waals surface area contributed by atoms with Crippen molar-refractivity contribution in [2.75, 3.05) is 7.11 Å². The number of esters is 3. The topological polar surface area (TPSA) is 140 Å². The Labute approximate surface area is 244 Å². The molecule has 0 aliphatic rings. The molecule has 10 nitrogen and oxygen atoms in total. The Balaban J connectivity index is 3.18. The summed E-state index contributed by atoms with van der Waals surface area (Å²) in [5, 5.41) is 0. The van der Waals surface area contributed by atoms with Gasteiger partial charge >= 0.3 is 24.1 Å². The molecule has 0 radical (unpaired) electrons. The first-order chi connectivity index (χ1) is 19.2. The Morgan fingerprint density at radius 1 is 0.805 bits per heavy atom. The summed E-state index contributed by atoms with van der Waals surface area (Å²) in [6.45, 7) is 13.4. The monoisotopic (exact) mass is 579 g/mol. The Bertz CT molecular complexity index is 1010. The summed E-state index contributed by atoms with van der Waals surface area (Å²) in [5.41, 5.74) is 5.47. The molecule has 0 aliphatic carbocycles. The predicted molar refractivity (Wildman–Crippen MR) is 155 cm³/mol. The van der Waals surface area contributed by atoms with Crippen LogP contribution in [0.1, 0.15) is 99.0 Å². The first-order valence-corrected chi connectivity index (χ1v) is 14.5. The number of ether oxygens (including phenoxy) is 5. The molecule has 0 spiro atoms. The molecule has 232 valence electrons. The van der Waals surface area contributed by atoms with Crippen LogP contribution in [0.25, 0.3) is 0 Å². The van der Waals surface area contributed by atoms with Crippen LogP contribution < -0.4 is 15.2 Å². The summed E-state index contributed by atoms with van der Waals surface area (Å²) in [6.07, 6.45) is 1.22. The summed E-state index contributed by atoms with van der Waals surface area (Å²) in [5.74, 6) is -0.847. The number of nitrogens with two attached hydrogens (primary N) is 1. The fourth-order valence-corrected chi connectivity index (χ4v) is 4.16. The number of methoxy groups -OCH3 is 1. The number of rotatable bonds is 17. The third-order valence-electron chi connectivity index (χ3n) is 6.36. The number of benzene rings is 1. The zero-order chi connectivity index (χ0) is 31.2. The molecule has 0 bridgehead atoms. The fourth-order valence-electron chi connectivity index (χ4n) is 4.16. The van der Waals surface area contributed by atoms with Crippen molar-refractivity contribution >= 4 is 24.1 Å². The summed E-state index contributed by atoms with van der Waals surface area (Å²) in [4.78, 5) is 50.0. The van der Waals surface area contributed by atoms with Crippen molar-refractivity contribution in [1.82, 2.24) is 0 Å². The molecule has 1 unspecified atom stereocenters. The molecule has 0 fully saturated rings. The van der Waals surface area contributed by atoms with Crippen molar-refractivity contribution in [2.24, 2.45) is 17.6 Å². The number of hydrogen-bond acceptors (Lipinski definition) is 10. The lowest BCUT2D eigenvalue weighted by Crippen LogP contribution is -2.53. The average Bonchev–Trinajstić information content (AvgIpc) is 2.86. The van der Waals surface area contributed by atoms with Crippen molar-refractivity contribution < 1.29 is 42.9 Å². The van der Waals surface area contributed by atoms with Gasteiger partial charge in [0.05, 0.1) is 7.11 Å². The van der Waals surface area contributed by atoms with Gasteiger partial charge < -0.3 is 29.4 Å². The van der Waals surface area contributed by atoms with E-state index in [-0.39, 0.29) is 43.3 Å². The van der Waals surface area contributed by atoms with Gasteiger partial charge in [-0.25, -0.2) is 4.79 Å². The van der Waals surface area contributed by atoms with Gasteiger partial charge in [-0.3, -0.25) is 14.4 Å². The largest absolute Gasteiger partial charge is 0.508 e. The molecule has 2 N–H and O–H groups in total. The predicted octanol–water partition coefficient (Wildman–Crippen LogP) is 5.90. The summed E-state index contributed by atoms with van der Waals surface area (Å²) >= 11 is 0. The van der Waals surface area contributed by atoms with Crippen LogP contribution in [0, 0.1) is 11.8 Å². The molecule has 0 heterocycles. The van der Waals surface area contributed by atoms with E-state index in [2.05, 4.69) is 0 Å². The summed E-state index contributed by atoms with van der Waals surface area (Å²) in [6, 6.07) is 4.67. The molecule has 0 saturated carbocycles. The second-order valence-electron chi connectivity index (χ2n) is 11.5. The van der Waals surface area contributed by atoms with Crippen molar-refractivity contribution in [3.05, 3.63) is 23.8 Å². The van der Waals surface area contributed by atoms with Gasteiger partial charge in [-0.15, -0.1) is 0 Å². The van der Waals surface area contributed by atoms with Crippen LogP contribution >= 0.6 is 0 Å². The summed E-state index contributed by atoms with van der Waals surface area (Å²) in [7, 11) is 1.22. The van der Waals surface area contributed by atoms with Gasteiger partial charge in [-0.2, -0.15) is 0 Å². The molecule has 0 aromatic heterocycles. The van der Waals surface area contributed by atoms with E-state index in [1.54, 1.807) is 19.9 Å². The van der Waals surface area contributed by atoms with Crippen LogP contribution in [0.5, 0.6) is 11.5 Å². The van der Waals surface area contributed by atoms with Crippen LogP contribution in [0.4, 0.5) is 4.79 Å². The van der Waals surface area contributed by atoms with Gasteiger partial charge in [0, 0.05) is 25.7 Å². The first-order valence-electron chi connectivity index (χ1n) is 14.5. The smallest absolute Gasteiger partial charge is 0.468 e. The zero-order valence-electron chi connectivity index (χ0n) is 25.9. The maximum Gasteiger partial charge on any atom is 0.508 e. The van der Waals surface area contributed by atoms with Crippen LogP contribution in [-0.4, -0.2) is 48.9 Å². The van der Waals surface area contributed by atoms with E-state index >= 15 is 0 Å². The minimum Gasteiger partial charge on any atom is -0.468 e. The van der Waals surface area contributed by atoms with Crippen molar-refractivity contribution in [3.63, 3.8) is 0 Å². The summed E-state index contributed by atoms with van der Waals surface area (Å²) < 4.78 is 26.7. The Morgan fingerprint density at radius 2 is 1.34 bits per heavy atom. The SMILES string of the molecule is CCC[C@H](C)OC(=O)O[C@@H](C)CC(N)(Cc1ccc(OC(=O)CCC(C)C)c(OC(=O)CCC(C)C)c1)C(=O)OC. The minimum absolute atomic E-state index is 0.0349. The molecule has 41 heavy (non-hydrogen) atoms. The highest BCUT2D eigenvalue weighted by atomic mass is 16.7. The molecule has 0 amide bonds. The Hall–Kier alpha value is -3.14. The lowest BCUT2D eigenvalue weighted by atomic mass is 9.86. The highest BCUT2D eigenvalue weighted by Gasteiger charge is 2.38. The van der Waals surface area contributed by atoms with Crippen molar-refractivity contribution in [2.45, 2.75) is 118 Å². The second kappa shape index (κ2) is 17.6. The molecule has 1 aromatic carbocycles. The van der Waals surface area contributed by atoms with E-state index in [1.165, 1.54) is 19.2 Å². The number of carbonyl (C=O) groups excluding carboxylic acids is 4. The third-order valence-corrected chi connectivity index (χ3v) is 6.36. The number of hydrogen-bond donors (Lipinski definition) is 1. The van der Waals surface area contributed by atoms with Gasteiger partial charge in [-0.1, -0.05) is 47.1 Å². The standard InChI is InChI=1S/C31H49NO9/c1-9-10-22(6)38-30(36)39-23(7)18-31(32,29(35)37-8)19-24-13-14-25(40-27(33)15-11-20(2)3)26(17-24)41-28(34)16-12-21(4)5/h13-14,17,20-23H,9-12,15-16,18-19,32H2,1-8H3/t22-,23-,31?/m0/s1. The van der Waals surface area contributed by atoms with E-state index in [4.69, 9.17) is 29.4 Å². The van der Waals surface area contributed by atoms with E-state index in [0.29, 0.717) is 36.7 Å². The van der Waals surface area contributed by atoms with Crippen LogP contribution in [0.15, 0.2) is 18.2 Å². The lowest BCUT2D eigenvalue weighted by molar-refractivity contribution is -0.148. The third kappa shape index (κ3) is 13.9. The Morgan fingerprint density at radius 3 is 1.85 bits per heavy atom. The molecule has 0 saturated heterocycles. The van der Waals surface area contributed by atoms with E-state index in [9.17, 15) is 19.2 Å². The Kier molecular flexibility index (Phi) is 15.4. The molecule has 10 heteroatoms. The highest BCUT2D eigenvalue weighted by Crippen LogP contribution is 2.32. The van der Waals surface area contributed by atoms with Gasteiger partial charge in [-0.05, 0) is 62.6 Å². The van der Waals surface area contributed by atoms with E-state index in [1.807, 2.05) is 34.6 Å². The van der Waals surface area contributed by atoms with Crippen LogP contribution in [0.2, 0.25) is 0 Å². The molecular weight excluding hydrogens is 530 g/mol. The van der Waals surface area contributed by atoms with E-state index in [0.717, 1.165) is 6.42 Å². The first kappa shape index (κ1) is 35.9. The molecular formula is C31H49NO9. The van der Waals surface area contributed by atoms with Crippen molar-refractivity contribution in [1.29, 1.82) is 0 Å². The fraction of sp³-hybridized carbons (Fsp3) is 0.677. The second-order valence-corrected chi connectivity index (χ2v) is 11.5. The van der Waals surface area contributed by atoms with Crippen LogP contribution in [0.3, 0.4) is 0 Å². The van der Waals surface area contributed by atoms with Gasteiger partial charge in [0.15, 0.2) is 11.5 Å². The quantitative estimate of drug-likeness (QED) is 0.175. The van der Waals surface area contributed by atoms with Gasteiger partial charge in [0.25, 0.3) is 0 Å². The highest BCUT2D eigenvalue weighted by molar-refractivity contribution is 5.81. The number of carbonyl (C=O) groups is 4. The van der Waals surface area contributed by atoms with Crippen molar-refractivity contribution in [3.8, 4) is 11.5 Å². The zero-order valence-corrected chi connectivity index (χ0v) is 25.9.